The zero-order chi connectivity index (χ0) is 15.7. The van der Waals surface area contributed by atoms with Gasteiger partial charge < -0.3 is 15.6 Å². The van der Waals surface area contributed by atoms with Crippen LogP contribution in [0.2, 0.25) is 0 Å². The van der Waals surface area contributed by atoms with Crippen LogP contribution in [0.15, 0.2) is 24.3 Å². The lowest BCUT2D eigenvalue weighted by Crippen LogP contribution is -2.13. The average Bonchev–Trinajstić information content (AvgIpc) is 2.86. The lowest BCUT2D eigenvalue weighted by molar-refractivity contribution is 0.0693. The fourth-order valence-corrected chi connectivity index (χ4v) is 3.52. The SMILES string of the molecule is Nc1ccc2c(c1)CCCCc1sc(C(=O)O)cc1OC2=O. The molecule has 22 heavy (non-hydrogen) atoms. The van der Waals surface area contributed by atoms with Gasteiger partial charge in [-0.2, -0.15) is 0 Å². The van der Waals surface area contributed by atoms with Crippen LogP contribution in [-0.2, 0) is 12.8 Å². The van der Waals surface area contributed by atoms with Crippen LogP contribution >= 0.6 is 11.3 Å². The predicted octanol–water partition coefficient (Wildman–Crippen LogP) is 3.13. The zero-order valence-electron chi connectivity index (χ0n) is 11.8. The van der Waals surface area contributed by atoms with Gasteiger partial charge in [-0.25, -0.2) is 9.59 Å². The van der Waals surface area contributed by atoms with E-state index in [-0.39, 0.29) is 4.88 Å². The Kier molecular flexibility index (Phi) is 3.85. The Morgan fingerprint density at radius 3 is 2.77 bits per heavy atom. The van der Waals surface area contributed by atoms with E-state index in [1.165, 1.54) is 17.4 Å². The quantitative estimate of drug-likeness (QED) is 0.623. The minimum atomic E-state index is -1.00. The minimum Gasteiger partial charge on any atom is -0.477 e. The number of anilines is 1. The summed E-state index contributed by atoms with van der Waals surface area (Å²) in [5, 5.41) is 9.10. The number of nitrogen functional groups attached to an aromatic ring is 1. The molecule has 1 aromatic heterocycles. The number of benzene rings is 1. The number of fused-ring (bicyclic) bond motifs is 2. The van der Waals surface area contributed by atoms with Crippen LogP contribution in [0.5, 0.6) is 5.75 Å². The molecule has 0 radical (unpaired) electrons. The number of carboxylic acids is 1. The van der Waals surface area contributed by atoms with Crippen LogP contribution in [0.1, 0.15) is 43.3 Å². The summed E-state index contributed by atoms with van der Waals surface area (Å²) in [6.45, 7) is 0. The molecule has 3 rings (SSSR count). The Morgan fingerprint density at radius 2 is 2.00 bits per heavy atom. The molecule has 1 aliphatic rings. The van der Waals surface area contributed by atoms with Crippen LogP contribution in [0, 0.1) is 0 Å². The summed E-state index contributed by atoms with van der Waals surface area (Å²) in [5.41, 5.74) is 7.77. The van der Waals surface area contributed by atoms with Crippen molar-refractivity contribution in [2.24, 2.45) is 0 Å². The molecule has 2 heterocycles. The standard InChI is InChI=1S/C16H15NO4S/c17-10-5-6-11-9(7-10)3-1-2-4-13-12(21-16(11)20)8-14(22-13)15(18)19/h5-8H,1-4,17H2,(H,18,19). The normalized spacial score (nSPS) is 14.6. The van der Waals surface area contributed by atoms with Gasteiger partial charge in [-0.3, -0.25) is 0 Å². The molecule has 0 amide bonds. The first-order valence-electron chi connectivity index (χ1n) is 7.01. The van der Waals surface area contributed by atoms with Crippen LogP contribution in [0.25, 0.3) is 0 Å². The molecule has 3 N–H and O–H groups in total. The maximum Gasteiger partial charge on any atom is 0.346 e. The first-order chi connectivity index (χ1) is 10.5. The van der Waals surface area contributed by atoms with Gasteiger partial charge in [0.2, 0.25) is 0 Å². The second kappa shape index (κ2) is 5.81. The molecule has 0 saturated carbocycles. The molecule has 2 aromatic rings. The third-order valence-electron chi connectivity index (χ3n) is 3.63. The van der Waals surface area contributed by atoms with Crippen molar-refractivity contribution in [1.29, 1.82) is 0 Å². The van der Waals surface area contributed by atoms with E-state index in [2.05, 4.69) is 0 Å². The Hall–Kier alpha value is -2.34. The molecule has 0 fully saturated rings. The molecule has 114 valence electrons. The van der Waals surface area contributed by atoms with Gasteiger partial charge in [0.1, 0.15) is 10.6 Å². The van der Waals surface area contributed by atoms with Crippen LogP contribution in [-0.4, -0.2) is 17.0 Å². The first kappa shape index (κ1) is 14.6. The number of carbonyl (C=O) groups excluding carboxylic acids is 1. The van der Waals surface area contributed by atoms with E-state index in [9.17, 15) is 9.59 Å². The van der Waals surface area contributed by atoms with Crippen molar-refractivity contribution in [2.45, 2.75) is 25.7 Å². The lowest BCUT2D eigenvalue weighted by atomic mass is 9.99. The van der Waals surface area contributed by atoms with Crippen molar-refractivity contribution in [3.8, 4) is 5.75 Å². The number of carboxylic acid groups (broad SMARTS) is 1. The summed E-state index contributed by atoms with van der Waals surface area (Å²) in [4.78, 5) is 24.5. The van der Waals surface area contributed by atoms with Crippen molar-refractivity contribution in [2.75, 3.05) is 5.73 Å². The summed E-state index contributed by atoms with van der Waals surface area (Å²) < 4.78 is 5.44. The zero-order valence-corrected chi connectivity index (χ0v) is 12.6. The highest BCUT2D eigenvalue weighted by Gasteiger charge is 2.21. The molecule has 1 aromatic carbocycles. The Bertz CT molecular complexity index is 751. The van der Waals surface area contributed by atoms with E-state index in [1.54, 1.807) is 18.2 Å². The van der Waals surface area contributed by atoms with Gasteiger partial charge >= 0.3 is 11.9 Å². The fraction of sp³-hybridized carbons (Fsp3) is 0.250. The molecule has 1 aliphatic heterocycles. The number of esters is 1. The Labute approximate surface area is 131 Å². The molecule has 5 nitrogen and oxygen atoms in total. The average molecular weight is 317 g/mol. The molecular weight excluding hydrogens is 302 g/mol. The molecular formula is C16H15NO4S. The van der Waals surface area contributed by atoms with Crippen molar-refractivity contribution in [3.05, 3.63) is 45.1 Å². The summed E-state index contributed by atoms with van der Waals surface area (Å²) in [6.07, 6.45) is 3.27. The first-order valence-corrected chi connectivity index (χ1v) is 7.83. The predicted molar refractivity (Wildman–Crippen MR) is 83.7 cm³/mol. The second-order valence-corrected chi connectivity index (χ2v) is 6.35. The van der Waals surface area contributed by atoms with E-state index in [0.717, 1.165) is 29.7 Å². The van der Waals surface area contributed by atoms with Gasteiger partial charge in [0.25, 0.3) is 0 Å². The maximum absolute atomic E-state index is 12.4. The molecule has 0 saturated heterocycles. The van der Waals surface area contributed by atoms with Gasteiger partial charge in [0.15, 0.2) is 0 Å². The summed E-state index contributed by atoms with van der Waals surface area (Å²) in [5.74, 6) is -1.11. The lowest BCUT2D eigenvalue weighted by Gasteiger charge is -2.13. The molecule has 6 heteroatoms. The highest BCUT2D eigenvalue weighted by molar-refractivity contribution is 7.14. The molecule has 0 bridgehead atoms. The summed E-state index contributed by atoms with van der Waals surface area (Å²) in [7, 11) is 0. The highest BCUT2D eigenvalue weighted by atomic mass is 32.1. The number of hydrogen-bond donors (Lipinski definition) is 2. The molecule has 0 aliphatic carbocycles. The Balaban J connectivity index is 2.00. The van der Waals surface area contributed by atoms with Crippen LogP contribution < -0.4 is 10.5 Å². The largest absolute Gasteiger partial charge is 0.477 e. The summed E-state index contributed by atoms with van der Waals surface area (Å²) >= 11 is 1.17. The van der Waals surface area contributed by atoms with Gasteiger partial charge in [-0.05, 0) is 49.4 Å². The number of thiophene rings is 1. The Morgan fingerprint density at radius 1 is 1.23 bits per heavy atom. The third kappa shape index (κ3) is 2.82. The maximum atomic E-state index is 12.4. The van der Waals surface area contributed by atoms with Crippen molar-refractivity contribution in [1.82, 2.24) is 0 Å². The van der Waals surface area contributed by atoms with Gasteiger partial charge in [-0.1, -0.05) is 0 Å². The van der Waals surface area contributed by atoms with E-state index in [4.69, 9.17) is 15.6 Å². The third-order valence-corrected chi connectivity index (χ3v) is 4.80. The number of aromatic carboxylic acids is 1. The smallest absolute Gasteiger partial charge is 0.346 e. The monoisotopic (exact) mass is 317 g/mol. The summed E-state index contributed by atoms with van der Waals surface area (Å²) in [6, 6.07) is 6.57. The van der Waals surface area contributed by atoms with E-state index in [0.29, 0.717) is 23.4 Å². The van der Waals surface area contributed by atoms with Crippen LogP contribution in [0.3, 0.4) is 0 Å². The van der Waals surface area contributed by atoms with Crippen molar-refractivity contribution < 1.29 is 19.4 Å². The fourth-order valence-electron chi connectivity index (χ4n) is 2.55. The highest BCUT2D eigenvalue weighted by Crippen LogP contribution is 2.33. The van der Waals surface area contributed by atoms with E-state index in [1.807, 2.05) is 0 Å². The molecule has 0 atom stereocenters. The van der Waals surface area contributed by atoms with Gasteiger partial charge in [0.05, 0.1) is 5.56 Å². The number of ether oxygens (including phenoxy) is 1. The van der Waals surface area contributed by atoms with Crippen molar-refractivity contribution >= 4 is 29.0 Å². The second-order valence-electron chi connectivity index (χ2n) is 5.22. The number of rotatable bonds is 1. The van der Waals surface area contributed by atoms with E-state index < -0.39 is 11.9 Å². The van der Waals surface area contributed by atoms with E-state index >= 15 is 0 Å². The topological polar surface area (TPSA) is 89.6 Å². The van der Waals surface area contributed by atoms with Gasteiger partial charge in [-0.15, -0.1) is 11.3 Å². The number of nitrogens with two attached hydrogens (primary N) is 1. The molecule has 0 unspecified atom stereocenters. The van der Waals surface area contributed by atoms with Crippen LogP contribution in [0.4, 0.5) is 5.69 Å². The number of hydrogen-bond acceptors (Lipinski definition) is 5. The molecule has 0 spiro atoms. The number of carbonyl (C=O) groups is 2. The minimum absolute atomic E-state index is 0.189. The van der Waals surface area contributed by atoms with Crippen molar-refractivity contribution in [3.63, 3.8) is 0 Å². The number of aryl methyl sites for hydroxylation is 2. The van der Waals surface area contributed by atoms with Gasteiger partial charge in [0, 0.05) is 16.6 Å².